The highest BCUT2D eigenvalue weighted by atomic mass is 79.9. The molecule has 0 saturated heterocycles. The van der Waals surface area contributed by atoms with E-state index in [0.29, 0.717) is 6.07 Å². The molecule has 102 valence electrons. The van der Waals surface area contributed by atoms with Crippen molar-refractivity contribution in [2.75, 3.05) is 11.9 Å². The zero-order valence-electron chi connectivity index (χ0n) is 9.30. The van der Waals surface area contributed by atoms with Crippen molar-refractivity contribution < 1.29 is 18.4 Å². The first-order valence-corrected chi connectivity index (χ1v) is 6.03. The van der Waals surface area contributed by atoms with Crippen LogP contribution in [0.4, 0.5) is 14.5 Å². The van der Waals surface area contributed by atoms with Crippen LogP contribution in [0.5, 0.6) is 0 Å². The summed E-state index contributed by atoms with van der Waals surface area (Å²) in [5.41, 5.74) is 4.80. The zero-order chi connectivity index (χ0) is 14.6. The van der Waals surface area contributed by atoms with E-state index in [0.717, 1.165) is 6.07 Å². The van der Waals surface area contributed by atoms with Gasteiger partial charge in [0, 0.05) is 6.07 Å². The van der Waals surface area contributed by atoms with Gasteiger partial charge < -0.3 is 16.4 Å². The van der Waals surface area contributed by atoms with Gasteiger partial charge in [0.1, 0.15) is 11.6 Å². The molecule has 0 saturated carbocycles. The Balaban J connectivity index is 2.74. The Hall–Kier alpha value is -1.61. The number of nitrogens with two attached hydrogens (primary N) is 1. The average Bonchev–Trinajstić information content (AvgIpc) is 2.32. The van der Waals surface area contributed by atoms with Gasteiger partial charge in [-0.15, -0.1) is 0 Å². The maximum absolute atomic E-state index is 13.3. The van der Waals surface area contributed by atoms with Gasteiger partial charge >= 0.3 is 11.8 Å². The Kier molecular flexibility index (Phi) is 5.31. The average molecular weight is 352 g/mol. The summed E-state index contributed by atoms with van der Waals surface area (Å²) in [7, 11) is 0. The standard InChI is InChI=1S/C10H8BrF2N3O2S/c11-4-1-7(6(13)2-5(4)12)16-10(18)9(17)15-3-8(14)19/h1-2H,3H2,(H2,14,19)(H,15,17)(H,16,18). The number of carbonyl (C=O) groups is 2. The predicted octanol–water partition coefficient (Wildman–Crippen LogP) is 1.07. The van der Waals surface area contributed by atoms with E-state index < -0.39 is 23.4 Å². The maximum atomic E-state index is 13.3. The molecule has 0 bridgehead atoms. The van der Waals surface area contributed by atoms with Crippen LogP contribution in [0.2, 0.25) is 0 Å². The molecule has 0 aromatic heterocycles. The van der Waals surface area contributed by atoms with E-state index in [-0.39, 0.29) is 21.7 Å². The van der Waals surface area contributed by atoms with E-state index in [1.54, 1.807) is 0 Å². The van der Waals surface area contributed by atoms with Crippen molar-refractivity contribution in [3.8, 4) is 0 Å². The molecule has 5 nitrogen and oxygen atoms in total. The second kappa shape index (κ2) is 6.53. The van der Waals surface area contributed by atoms with E-state index in [1.807, 2.05) is 5.32 Å². The van der Waals surface area contributed by atoms with Gasteiger partial charge in [0.2, 0.25) is 0 Å². The number of carbonyl (C=O) groups excluding carboxylic acids is 2. The van der Waals surface area contributed by atoms with Crippen LogP contribution in [0.25, 0.3) is 0 Å². The first-order chi connectivity index (χ1) is 8.81. The summed E-state index contributed by atoms with van der Waals surface area (Å²) >= 11 is 7.34. The summed E-state index contributed by atoms with van der Waals surface area (Å²) < 4.78 is 26.2. The first kappa shape index (κ1) is 15.4. The Morgan fingerprint density at radius 1 is 1.26 bits per heavy atom. The predicted molar refractivity (Wildman–Crippen MR) is 72.5 cm³/mol. The Labute approximate surface area is 120 Å². The van der Waals surface area contributed by atoms with Crippen LogP contribution in [0.3, 0.4) is 0 Å². The lowest BCUT2D eigenvalue weighted by Crippen LogP contribution is -2.39. The highest BCUT2D eigenvalue weighted by Gasteiger charge is 2.16. The topological polar surface area (TPSA) is 84.2 Å². The SMILES string of the molecule is NC(=S)CNC(=O)C(=O)Nc1cc(Br)c(F)cc1F. The fourth-order valence-corrected chi connectivity index (χ4v) is 1.46. The van der Waals surface area contributed by atoms with Gasteiger partial charge in [-0.05, 0) is 22.0 Å². The molecule has 0 heterocycles. The van der Waals surface area contributed by atoms with E-state index in [1.165, 1.54) is 0 Å². The van der Waals surface area contributed by atoms with Crippen molar-refractivity contribution in [1.29, 1.82) is 0 Å². The number of rotatable bonds is 3. The zero-order valence-corrected chi connectivity index (χ0v) is 11.7. The summed E-state index contributed by atoms with van der Waals surface area (Å²) in [4.78, 5) is 22.7. The monoisotopic (exact) mass is 351 g/mol. The minimum Gasteiger partial charge on any atom is -0.392 e. The molecular formula is C10H8BrF2N3O2S. The minimum absolute atomic E-state index is 0.00291. The molecule has 0 radical (unpaired) electrons. The number of anilines is 1. The lowest BCUT2D eigenvalue weighted by atomic mass is 10.3. The molecule has 19 heavy (non-hydrogen) atoms. The third kappa shape index (κ3) is 4.52. The van der Waals surface area contributed by atoms with Crippen LogP contribution >= 0.6 is 28.1 Å². The van der Waals surface area contributed by atoms with Crippen molar-refractivity contribution in [2.45, 2.75) is 0 Å². The molecule has 0 fully saturated rings. The van der Waals surface area contributed by atoms with Crippen LogP contribution in [0.15, 0.2) is 16.6 Å². The molecule has 0 aliphatic carbocycles. The van der Waals surface area contributed by atoms with Crippen molar-refractivity contribution in [3.63, 3.8) is 0 Å². The summed E-state index contributed by atoms with van der Waals surface area (Å²) in [6.45, 7) is -0.156. The van der Waals surface area contributed by atoms with Crippen LogP contribution < -0.4 is 16.4 Å². The highest BCUT2D eigenvalue weighted by Crippen LogP contribution is 2.23. The molecule has 4 N–H and O–H groups in total. The second-order valence-corrected chi connectivity index (χ2v) is 4.73. The van der Waals surface area contributed by atoms with Crippen molar-refractivity contribution >= 4 is 50.6 Å². The van der Waals surface area contributed by atoms with Gasteiger partial charge in [-0.3, -0.25) is 9.59 Å². The van der Waals surface area contributed by atoms with Crippen LogP contribution in [0.1, 0.15) is 0 Å². The lowest BCUT2D eigenvalue weighted by molar-refractivity contribution is -0.135. The number of halogens is 3. The van der Waals surface area contributed by atoms with Gasteiger partial charge in [0.25, 0.3) is 0 Å². The number of amides is 2. The lowest BCUT2D eigenvalue weighted by Gasteiger charge is -2.07. The molecule has 0 spiro atoms. The Morgan fingerprint density at radius 3 is 2.47 bits per heavy atom. The summed E-state index contributed by atoms with van der Waals surface area (Å²) in [6.07, 6.45) is 0. The first-order valence-electron chi connectivity index (χ1n) is 4.83. The van der Waals surface area contributed by atoms with Gasteiger partial charge in [-0.2, -0.15) is 0 Å². The number of thiocarbonyl (C=S) groups is 1. The van der Waals surface area contributed by atoms with Crippen LogP contribution in [-0.4, -0.2) is 23.3 Å². The summed E-state index contributed by atoms with van der Waals surface area (Å²) in [6, 6.07) is 1.58. The van der Waals surface area contributed by atoms with Crippen LogP contribution in [0, 0.1) is 11.6 Å². The van der Waals surface area contributed by atoms with E-state index >= 15 is 0 Å². The molecule has 0 atom stereocenters. The van der Waals surface area contributed by atoms with Gasteiger partial charge in [0.05, 0.1) is 21.7 Å². The highest BCUT2D eigenvalue weighted by molar-refractivity contribution is 9.10. The molecule has 1 rings (SSSR count). The van der Waals surface area contributed by atoms with Gasteiger partial charge in [-0.1, -0.05) is 12.2 Å². The second-order valence-electron chi connectivity index (χ2n) is 3.35. The molecule has 9 heteroatoms. The smallest absolute Gasteiger partial charge is 0.313 e. The van der Waals surface area contributed by atoms with Gasteiger partial charge in [-0.25, -0.2) is 8.78 Å². The number of benzene rings is 1. The third-order valence-corrected chi connectivity index (χ3v) is 2.64. The van der Waals surface area contributed by atoms with Crippen molar-refractivity contribution in [1.82, 2.24) is 5.32 Å². The largest absolute Gasteiger partial charge is 0.392 e. The maximum Gasteiger partial charge on any atom is 0.313 e. The van der Waals surface area contributed by atoms with Crippen LogP contribution in [-0.2, 0) is 9.59 Å². The van der Waals surface area contributed by atoms with E-state index in [2.05, 4.69) is 33.5 Å². The molecule has 0 aliphatic rings. The van der Waals surface area contributed by atoms with Crippen molar-refractivity contribution in [3.05, 3.63) is 28.2 Å². The number of hydrogen-bond donors (Lipinski definition) is 3. The van der Waals surface area contributed by atoms with E-state index in [9.17, 15) is 18.4 Å². The molecule has 1 aromatic rings. The molecule has 0 unspecified atom stereocenters. The normalized spacial score (nSPS) is 9.84. The summed E-state index contributed by atoms with van der Waals surface area (Å²) in [5, 5.41) is 4.12. The molecule has 2 amide bonds. The number of nitrogens with one attached hydrogen (secondary N) is 2. The Morgan fingerprint density at radius 2 is 1.89 bits per heavy atom. The number of hydrogen-bond acceptors (Lipinski definition) is 3. The Bertz CT molecular complexity index is 554. The fourth-order valence-electron chi connectivity index (χ4n) is 1.05. The molecule has 0 aliphatic heterocycles. The third-order valence-electron chi connectivity index (χ3n) is 1.89. The van der Waals surface area contributed by atoms with Gasteiger partial charge in [0.15, 0.2) is 0 Å². The minimum atomic E-state index is -1.12. The van der Waals surface area contributed by atoms with E-state index in [4.69, 9.17) is 5.73 Å². The fraction of sp³-hybridized carbons (Fsp3) is 0.100. The molecule has 1 aromatic carbocycles. The van der Waals surface area contributed by atoms with Crippen molar-refractivity contribution in [2.24, 2.45) is 5.73 Å². The quantitative estimate of drug-likeness (QED) is 0.432. The molecular weight excluding hydrogens is 344 g/mol. The summed E-state index contributed by atoms with van der Waals surface area (Å²) in [5.74, 6) is -3.98.